The highest BCUT2D eigenvalue weighted by molar-refractivity contribution is 6.88. The summed E-state index contributed by atoms with van der Waals surface area (Å²) in [4.78, 5) is 0. The third-order valence-electron chi connectivity index (χ3n) is 2.63. The van der Waals surface area contributed by atoms with E-state index in [0.29, 0.717) is 5.92 Å². The molecule has 0 aliphatic carbocycles. The van der Waals surface area contributed by atoms with Gasteiger partial charge in [-0.15, -0.1) is 0 Å². The van der Waals surface area contributed by atoms with Crippen LogP contribution < -0.4 is 5.19 Å². The van der Waals surface area contributed by atoms with Gasteiger partial charge in [0.05, 0.1) is 8.07 Å². The van der Waals surface area contributed by atoms with Gasteiger partial charge < -0.3 is 0 Å². The maximum atomic E-state index is 2.41. The first-order valence-electron chi connectivity index (χ1n) is 5.43. The van der Waals surface area contributed by atoms with Gasteiger partial charge in [-0.2, -0.15) is 0 Å². The van der Waals surface area contributed by atoms with Crippen LogP contribution in [0.2, 0.25) is 19.6 Å². The molecule has 1 heteroatoms. The minimum absolute atomic E-state index is 0.644. The number of hydrogen-bond donors (Lipinski definition) is 0. The van der Waals surface area contributed by atoms with Gasteiger partial charge in [0.25, 0.3) is 0 Å². The van der Waals surface area contributed by atoms with Crippen LogP contribution in [0.5, 0.6) is 0 Å². The lowest BCUT2D eigenvalue weighted by Gasteiger charge is -2.19. The molecule has 1 aromatic carbocycles. The molecule has 0 radical (unpaired) electrons. The monoisotopic (exact) mass is 206 g/mol. The zero-order valence-electron chi connectivity index (χ0n) is 10.3. The van der Waals surface area contributed by atoms with Crippen LogP contribution in [0.1, 0.15) is 30.9 Å². The van der Waals surface area contributed by atoms with Gasteiger partial charge in [-0.25, -0.2) is 0 Å². The number of hydrogen-bond acceptors (Lipinski definition) is 0. The van der Waals surface area contributed by atoms with Gasteiger partial charge >= 0.3 is 0 Å². The summed E-state index contributed by atoms with van der Waals surface area (Å²) in [5, 5.41) is 1.58. The van der Waals surface area contributed by atoms with Crippen molar-refractivity contribution in [1.29, 1.82) is 0 Å². The molecule has 0 aliphatic rings. The van der Waals surface area contributed by atoms with Crippen molar-refractivity contribution >= 4 is 13.3 Å². The molecule has 0 heterocycles. The number of rotatable bonds is 2. The van der Waals surface area contributed by atoms with Gasteiger partial charge in [-0.3, -0.25) is 0 Å². The molecule has 0 N–H and O–H groups in total. The lowest BCUT2D eigenvalue weighted by atomic mass is 10.0. The van der Waals surface area contributed by atoms with Crippen molar-refractivity contribution in [3.63, 3.8) is 0 Å². The zero-order chi connectivity index (χ0) is 10.9. The first kappa shape index (κ1) is 11.5. The Balaban J connectivity index is 3.21. The molecule has 14 heavy (non-hydrogen) atoms. The van der Waals surface area contributed by atoms with E-state index in [9.17, 15) is 0 Å². The standard InChI is InChI=1S/C13H22Si/c1-10(2)12-7-11(3)8-13(9-12)14(4,5)6/h7-10H,1-6H3. The van der Waals surface area contributed by atoms with E-state index in [0.717, 1.165) is 0 Å². The Kier molecular flexibility index (Phi) is 3.20. The molecular weight excluding hydrogens is 184 g/mol. The summed E-state index contributed by atoms with van der Waals surface area (Å²) < 4.78 is 0. The van der Waals surface area contributed by atoms with E-state index in [-0.39, 0.29) is 0 Å². The molecule has 0 spiro atoms. The minimum atomic E-state index is -1.14. The maximum Gasteiger partial charge on any atom is 0.0776 e. The van der Waals surface area contributed by atoms with Crippen molar-refractivity contribution in [2.24, 2.45) is 0 Å². The summed E-state index contributed by atoms with van der Waals surface area (Å²) in [5.41, 5.74) is 2.90. The maximum absolute atomic E-state index is 2.41. The quantitative estimate of drug-likeness (QED) is 0.648. The van der Waals surface area contributed by atoms with Crippen molar-refractivity contribution in [3.05, 3.63) is 29.3 Å². The van der Waals surface area contributed by atoms with Gasteiger partial charge in [-0.05, 0) is 18.4 Å². The largest absolute Gasteiger partial charge is 0.0776 e. The summed E-state index contributed by atoms with van der Waals surface area (Å²) in [5.74, 6) is 0.644. The molecule has 1 rings (SSSR count). The predicted octanol–water partition coefficient (Wildman–Crippen LogP) is 3.66. The van der Waals surface area contributed by atoms with Crippen molar-refractivity contribution in [1.82, 2.24) is 0 Å². The van der Waals surface area contributed by atoms with Crippen molar-refractivity contribution in [2.45, 2.75) is 46.3 Å². The Labute approximate surface area is 89.4 Å². The number of aryl methyl sites for hydroxylation is 1. The Bertz CT molecular complexity index is 318. The number of benzene rings is 1. The Hall–Kier alpha value is -0.563. The van der Waals surface area contributed by atoms with E-state index < -0.39 is 8.07 Å². The fourth-order valence-corrected chi connectivity index (χ4v) is 2.84. The average Bonchev–Trinajstić information content (AvgIpc) is 2.01. The van der Waals surface area contributed by atoms with Crippen molar-refractivity contribution in [2.75, 3.05) is 0 Å². The molecule has 0 amide bonds. The van der Waals surface area contributed by atoms with Gasteiger partial charge in [-0.1, -0.05) is 62.4 Å². The van der Waals surface area contributed by atoms with Gasteiger partial charge in [0.15, 0.2) is 0 Å². The molecular formula is C13H22Si. The lowest BCUT2D eigenvalue weighted by molar-refractivity contribution is 0.866. The van der Waals surface area contributed by atoms with E-state index in [1.54, 1.807) is 5.19 Å². The van der Waals surface area contributed by atoms with Crippen LogP contribution in [0, 0.1) is 6.92 Å². The van der Waals surface area contributed by atoms with E-state index in [1.807, 2.05) is 0 Å². The summed E-state index contributed by atoms with van der Waals surface area (Å²) in [6, 6.07) is 7.08. The topological polar surface area (TPSA) is 0 Å². The third-order valence-corrected chi connectivity index (χ3v) is 4.65. The van der Waals surface area contributed by atoms with Crippen molar-refractivity contribution < 1.29 is 0 Å². The Morgan fingerprint density at radius 2 is 1.57 bits per heavy atom. The van der Waals surface area contributed by atoms with Crippen LogP contribution in [-0.2, 0) is 0 Å². The first-order valence-corrected chi connectivity index (χ1v) is 8.93. The third kappa shape index (κ3) is 2.71. The molecule has 0 saturated heterocycles. The summed E-state index contributed by atoms with van der Waals surface area (Å²) in [6.07, 6.45) is 0. The zero-order valence-corrected chi connectivity index (χ0v) is 11.3. The predicted molar refractivity (Wildman–Crippen MR) is 68.2 cm³/mol. The molecule has 0 atom stereocenters. The smallest absolute Gasteiger partial charge is 0.0656 e. The van der Waals surface area contributed by atoms with Crippen LogP contribution in [-0.4, -0.2) is 8.07 Å². The van der Waals surface area contributed by atoms with Crippen LogP contribution in [0.15, 0.2) is 18.2 Å². The second-order valence-corrected chi connectivity index (χ2v) is 10.6. The molecule has 0 aliphatic heterocycles. The fraction of sp³-hybridized carbons (Fsp3) is 0.538. The minimum Gasteiger partial charge on any atom is -0.0656 e. The SMILES string of the molecule is Cc1cc(C(C)C)cc([Si](C)(C)C)c1. The molecule has 0 saturated carbocycles. The van der Waals surface area contributed by atoms with Crippen molar-refractivity contribution in [3.8, 4) is 0 Å². The molecule has 0 bridgehead atoms. The summed E-state index contributed by atoms with van der Waals surface area (Å²) >= 11 is 0. The van der Waals surface area contributed by atoms with Gasteiger partial charge in [0.1, 0.15) is 0 Å². The lowest BCUT2D eigenvalue weighted by Crippen LogP contribution is -2.38. The highest BCUT2D eigenvalue weighted by Gasteiger charge is 2.17. The molecule has 0 aromatic heterocycles. The summed E-state index contributed by atoms with van der Waals surface area (Å²) in [7, 11) is -1.14. The van der Waals surface area contributed by atoms with Crippen LogP contribution in [0.25, 0.3) is 0 Å². The molecule has 78 valence electrons. The second-order valence-electron chi connectivity index (χ2n) is 5.54. The molecule has 1 aromatic rings. The van der Waals surface area contributed by atoms with Gasteiger partial charge in [0, 0.05) is 0 Å². The van der Waals surface area contributed by atoms with Crippen LogP contribution in [0.3, 0.4) is 0 Å². The second kappa shape index (κ2) is 3.89. The molecule has 0 unspecified atom stereocenters. The van der Waals surface area contributed by atoms with E-state index >= 15 is 0 Å². The molecule has 0 fully saturated rings. The highest BCUT2D eigenvalue weighted by Crippen LogP contribution is 2.16. The molecule has 0 nitrogen and oxygen atoms in total. The normalized spacial score (nSPS) is 12.2. The van der Waals surface area contributed by atoms with E-state index in [1.165, 1.54) is 11.1 Å². The van der Waals surface area contributed by atoms with Crippen LogP contribution >= 0.6 is 0 Å². The Morgan fingerprint density at radius 3 is 2.00 bits per heavy atom. The highest BCUT2D eigenvalue weighted by atomic mass is 28.3. The Morgan fingerprint density at radius 1 is 1.00 bits per heavy atom. The average molecular weight is 206 g/mol. The fourth-order valence-electron chi connectivity index (χ4n) is 1.58. The van der Waals surface area contributed by atoms with E-state index in [4.69, 9.17) is 0 Å². The summed E-state index contributed by atoms with van der Waals surface area (Å²) in [6.45, 7) is 14.0. The first-order chi connectivity index (χ1) is 6.30. The van der Waals surface area contributed by atoms with Crippen LogP contribution in [0.4, 0.5) is 0 Å². The van der Waals surface area contributed by atoms with Gasteiger partial charge in [0.2, 0.25) is 0 Å². The van der Waals surface area contributed by atoms with E-state index in [2.05, 4.69) is 58.6 Å².